The average Bonchev–Trinajstić information content (AvgIpc) is 3.09. The summed E-state index contributed by atoms with van der Waals surface area (Å²) in [6.07, 6.45) is 32.5. The molecule has 0 rings (SSSR count). The number of carbonyl (C=O) groups is 3. The van der Waals surface area contributed by atoms with Crippen LogP contribution in [0.5, 0.6) is 0 Å². The van der Waals surface area contributed by atoms with Crippen LogP contribution in [0.15, 0.2) is 0 Å². The molecule has 0 aromatic carbocycles. The molecule has 0 aliphatic carbocycles. The topological polar surface area (TPSA) is 78.9 Å². The van der Waals surface area contributed by atoms with Gasteiger partial charge >= 0.3 is 17.9 Å². The van der Waals surface area contributed by atoms with E-state index in [0.717, 1.165) is 75.5 Å². The first-order valence-corrected chi connectivity index (χ1v) is 22.1. The summed E-state index contributed by atoms with van der Waals surface area (Å²) >= 11 is 0. The average molecular weight is 723 g/mol. The normalized spacial score (nSPS) is 12.7. The van der Waals surface area contributed by atoms with Crippen molar-refractivity contribution in [3.05, 3.63) is 0 Å². The fourth-order valence-electron chi connectivity index (χ4n) is 6.49. The Morgan fingerprint density at radius 1 is 0.392 bits per heavy atom. The first-order valence-electron chi connectivity index (χ1n) is 22.1. The maximum atomic E-state index is 12.7. The molecule has 0 aromatic heterocycles. The van der Waals surface area contributed by atoms with E-state index >= 15 is 0 Å². The Morgan fingerprint density at radius 3 is 1.02 bits per heavy atom. The third kappa shape index (κ3) is 38.0. The predicted octanol–water partition coefficient (Wildman–Crippen LogP) is 13.7. The highest BCUT2D eigenvalue weighted by atomic mass is 16.6. The lowest BCUT2D eigenvalue weighted by molar-refractivity contribution is -0.167. The van der Waals surface area contributed by atoms with Gasteiger partial charge in [0.15, 0.2) is 6.10 Å². The summed E-state index contributed by atoms with van der Waals surface area (Å²) in [6, 6.07) is 0. The molecule has 0 spiro atoms. The SMILES string of the molecule is CCC(C)CCCCCCCCC(=O)OC[C@H](COC(=O)CCCCCCCCC(C)C)OC(=O)CCCCCCCCCCCCCC(C)C. The molecular weight excluding hydrogens is 636 g/mol. The fraction of sp³-hybridized carbons (Fsp3) is 0.933. The van der Waals surface area contributed by atoms with Crippen molar-refractivity contribution in [3.8, 4) is 0 Å². The Labute approximate surface area is 317 Å². The van der Waals surface area contributed by atoms with Crippen molar-refractivity contribution < 1.29 is 28.6 Å². The van der Waals surface area contributed by atoms with Crippen molar-refractivity contribution in [3.63, 3.8) is 0 Å². The van der Waals surface area contributed by atoms with Gasteiger partial charge in [-0.3, -0.25) is 14.4 Å². The maximum absolute atomic E-state index is 12.7. The van der Waals surface area contributed by atoms with Crippen LogP contribution in [0.25, 0.3) is 0 Å². The van der Waals surface area contributed by atoms with Crippen molar-refractivity contribution >= 4 is 17.9 Å². The lowest BCUT2D eigenvalue weighted by Crippen LogP contribution is -2.30. The molecule has 2 atom stereocenters. The Hall–Kier alpha value is -1.59. The zero-order valence-electron chi connectivity index (χ0n) is 34.9. The van der Waals surface area contributed by atoms with Crippen LogP contribution in [0.1, 0.15) is 234 Å². The third-order valence-corrected chi connectivity index (χ3v) is 10.3. The van der Waals surface area contributed by atoms with Crippen LogP contribution in [-0.2, 0) is 28.6 Å². The second-order valence-corrected chi connectivity index (χ2v) is 16.5. The van der Waals surface area contributed by atoms with E-state index in [2.05, 4.69) is 41.5 Å². The molecule has 0 radical (unpaired) electrons. The van der Waals surface area contributed by atoms with Crippen LogP contribution in [-0.4, -0.2) is 37.2 Å². The highest BCUT2D eigenvalue weighted by molar-refractivity contribution is 5.71. The summed E-state index contributed by atoms with van der Waals surface area (Å²) in [4.78, 5) is 37.6. The number of hydrogen-bond acceptors (Lipinski definition) is 6. The first-order chi connectivity index (χ1) is 24.6. The summed E-state index contributed by atoms with van der Waals surface area (Å²) in [5.74, 6) is 1.53. The zero-order valence-corrected chi connectivity index (χ0v) is 34.9. The summed E-state index contributed by atoms with van der Waals surface area (Å²) in [7, 11) is 0. The van der Waals surface area contributed by atoms with E-state index in [1.807, 2.05) is 0 Å². The van der Waals surface area contributed by atoms with Gasteiger partial charge in [0.25, 0.3) is 0 Å². The molecule has 0 heterocycles. The van der Waals surface area contributed by atoms with E-state index in [-0.39, 0.29) is 31.1 Å². The molecule has 0 fully saturated rings. The van der Waals surface area contributed by atoms with Gasteiger partial charge in [-0.25, -0.2) is 0 Å². The molecule has 302 valence electrons. The zero-order chi connectivity index (χ0) is 37.8. The Kier molecular flexibility index (Phi) is 35.6. The molecule has 0 aromatic rings. The van der Waals surface area contributed by atoms with E-state index in [4.69, 9.17) is 14.2 Å². The lowest BCUT2D eigenvalue weighted by Gasteiger charge is -2.18. The van der Waals surface area contributed by atoms with Gasteiger partial charge in [-0.1, -0.05) is 196 Å². The van der Waals surface area contributed by atoms with Crippen LogP contribution < -0.4 is 0 Å². The minimum atomic E-state index is -0.762. The molecule has 0 saturated carbocycles. The minimum Gasteiger partial charge on any atom is -0.462 e. The fourth-order valence-corrected chi connectivity index (χ4v) is 6.49. The number of hydrogen-bond donors (Lipinski definition) is 0. The number of ether oxygens (including phenoxy) is 3. The molecule has 0 aliphatic rings. The molecule has 0 saturated heterocycles. The van der Waals surface area contributed by atoms with E-state index in [1.165, 1.54) is 116 Å². The van der Waals surface area contributed by atoms with Crippen LogP contribution in [0, 0.1) is 17.8 Å². The van der Waals surface area contributed by atoms with E-state index in [0.29, 0.717) is 19.3 Å². The van der Waals surface area contributed by atoms with Gasteiger partial charge in [-0.15, -0.1) is 0 Å². The maximum Gasteiger partial charge on any atom is 0.306 e. The summed E-state index contributed by atoms with van der Waals surface area (Å²) in [6.45, 7) is 13.6. The van der Waals surface area contributed by atoms with Gasteiger partial charge in [0.1, 0.15) is 13.2 Å². The summed E-state index contributed by atoms with van der Waals surface area (Å²) in [5, 5.41) is 0. The van der Waals surface area contributed by atoms with E-state index < -0.39 is 6.10 Å². The summed E-state index contributed by atoms with van der Waals surface area (Å²) < 4.78 is 16.7. The van der Waals surface area contributed by atoms with Gasteiger partial charge in [0.05, 0.1) is 0 Å². The second-order valence-electron chi connectivity index (χ2n) is 16.5. The Balaban J connectivity index is 4.34. The molecule has 6 heteroatoms. The van der Waals surface area contributed by atoms with Gasteiger partial charge in [-0.05, 0) is 37.0 Å². The summed E-state index contributed by atoms with van der Waals surface area (Å²) in [5.41, 5.74) is 0. The monoisotopic (exact) mass is 723 g/mol. The van der Waals surface area contributed by atoms with Crippen LogP contribution >= 0.6 is 0 Å². The van der Waals surface area contributed by atoms with Gasteiger partial charge in [-0.2, -0.15) is 0 Å². The molecule has 6 nitrogen and oxygen atoms in total. The molecule has 1 unspecified atom stereocenters. The highest BCUT2D eigenvalue weighted by Crippen LogP contribution is 2.17. The largest absolute Gasteiger partial charge is 0.462 e. The molecular formula is C45H86O6. The van der Waals surface area contributed by atoms with Crippen LogP contribution in [0.2, 0.25) is 0 Å². The molecule has 0 amide bonds. The molecule has 51 heavy (non-hydrogen) atoms. The number of unbranched alkanes of at least 4 members (excludes halogenated alkanes) is 20. The number of carbonyl (C=O) groups excluding carboxylic acids is 3. The van der Waals surface area contributed by atoms with Crippen LogP contribution in [0.3, 0.4) is 0 Å². The van der Waals surface area contributed by atoms with Crippen molar-refractivity contribution in [2.24, 2.45) is 17.8 Å². The standard InChI is InChI=1S/C45H86O6/c1-7-41(6)33-27-21-16-18-23-29-35-44(47)50-38-42(37-49-43(46)34-28-22-17-15-20-26-32-40(4)5)51-45(48)36-30-24-14-12-10-8-9-11-13-19-25-31-39(2)3/h39-42H,7-38H2,1-6H3/t41?,42-/m0/s1. The van der Waals surface area contributed by atoms with E-state index in [1.54, 1.807) is 0 Å². The number of esters is 3. The molecule has 0 bridgehead atoms. The molecule has 0 N–H and O–H groups in total. The molecule has 0 aliphatic heterocycles. The number of rotatable bonds is 38. The van der Waals surface area contributed by atoms with Gasteiger partial charge in [0.2, 0.25) is 0 Å². The van der Waals surface area contributed by atoms with Gasteiger partial charge < -0.3 is 14.2 Å². The van der Waals surface area contributed by atoms with Crippen molar-refractivity contribution in [2.45, 2.75) is 240 Å². The lowest BCUT2D eigenvalue weighted by atomic mass is 10.00. The highest BCUT2D eigenvalue weighted by Gasteiger charge is 2.19. The van der Waals surface area contributed by atoms with Crippen molar-refractivity contribution in [1.82, 2.24) is 0 Å². The van der Waals surface area contributed by atoms with Gasteiger partial charge in [0, 0.05) is 19.3 Å². The first kappa shape index (κ1) is 49.4. The Morgan fingerprint density at radius 2 is 0.686 bits per heavy atom. The van der Waals surface area contributed by atoms with Crippen LogP contribution in [0.4, 0.5) is 0 Å². The quantitative estimate of drug-likeness (QED) is 0.0359. The smallest absolute Gasteiger partial charge is 0.306 e. The van der Waals surface area contributed by atoms with Crippen molar-refractivity contribution in [1.29, 1.82) is 0 Å². The van der Waals surface area contributed by atoms with E-state index in [9.17, 15) is 14.4 Å². The second kappa shape index (κ2) is 36.8. The Bertz CT molecular complexity index is 794. The third-order valence-electron chi connectivity index (χ3n) is 10.3. The van der Waals surface area contributed by atoms with Crippen molar-refractivity contribution in [2.75, 3.05) is 13.2 Å². The predicted molar refractivity (Wildman–Crippen MR) is 215 cm³/mol. The minimum absolute atomic E-state index is 0.0679.